The highest BCUT2D eigenvalue weighted by molar-refractivity contribution is 5.76. The number of nitrogens with zero attached hydrogens (tertiary/aromatic N) is 2. The van der Waals surface area contributed by atoms with Crippen LogP contribution in [0.25, 0.3) is 0 Å². The molecule has 1 rings (SSSR count). The van der Waals surface area contributed by atoms with Crippen LogP contribution in [0.5, 0.6) is 0 Å². The number of hydrogen-bond acceptors (Lipinski definition) is 2. The Morgan fingerprint density at radius 1 is 1.29 bits per heavy atom. The maximum absolute atomic E-state index is 12.1. The van der Waals surface area contributed by atoms with Gasteiger partial charge >= 0.3 is 0 Å². The minimum Gasteiger partial charge on any atom is -0.340 e. The summed E-state index contributed by atoms with van der Waals surface area (Å²) in [4.78, 5) is 16.5. The van der Waals surface area contributed by atoms with Gasteiger partial charge < -0.3 is 4.90 Å². The van der Waals surface area contributed by atoms with Crippen LogP contribution in [0.15, 0.2) is 12.2 Å². The molecule has 122 valence electrons. The first-order valence-corrected chi connectivity index (χ1v) is 8.72. The fourth-order valence-electron chi connectivity index (χ4n) is 2.66. The first-order chi connectivity index (χ1) is 10.1. The van der Waals surface area contributed by atoms with E-state index in [1.807, 2.05) is 4.90 Å². The molecule has 1 saturated heterocycles. The molecule has 2 atom stereocenters. The highest BCUT2D eigenvalue weighted by Gasteiger charge is 2.25. The third-order valence-corrected chi connectivity index (χ3v) is 4.19. The van der Waals surface area contributed by atoms with Gasteiger partial charge in [-0.3, -0.25) is 9.69 Å². The minimum absolute atomic E-state index is 0.336. The van der Waals surface area contributed by atoms with E-state index in [-0.39, 0.29) is 0 Å². The lowest BCUT2D eigenvalue weighted by atomic mass is 10.1. The average Bonchev–Trinajstić information content (AvgIpc) is 3.14. The normalized spacial score (nSPS) is 21.2. The van der Waals surface area contributed by atoms with Gasteiger partial charge in [-0.15, -0.1) is 0 Å². The molecule has 0 aliphatic carbocycles. The number of rotatable bonds is 11. The van der Waals surface area contributed by atoms with E-state index in [0.717, 1.165) is 25.8 Å². The van der Waals surface area contributed by atoms with Crippen LogP contribution in [0.1, 0.15) is 65.7 Å². The molecular weight excluding hydrogens is 260 g/mol. The zero-order valence-corrected chi connectivity index (χ0v) is 14.5. The molecule has 21 heavy (non-hydrogen) atoms. The smallest absolute Gasteiger partial charge is 0.222 e. The monoisotopic (exact) mass is 294 g/mol. The molecule has 0 aromatic rings. The third-order valence-electron chi connectivity index (χ3n) is 4.19. The molecule has 1 amide bonds. The van der Waals surface area contributed by atoms with Gasteiger partial charge in [0, 0.05) is 31.6 Å². The van der Waals surface area contributed by atoms with Gasteiger partial charge in [-0.2, -0.15) is 0 Å². The summed E-state index contributed by atoms with van der Waals surface area (Å²) < 4.78 is 0. The third kappa shape index (κ3) is 7.66. The Bertz CT molecular complexity index is 325. The average molecular weight is 294 g/mol. The Hall–Kier alpha value is -0.830. The van der Waals surface area contributed by atoms with Crippen LogP contribution in [0.3, 0.4) is 0 Å². The highest BCUT2D eigenvalue weighted by atomic mass is 16.2. The van der Waals surface area contributed by atoms with E-state index in [1.165, 1.54) is 32.2 Å². The Balaban J connectivity index is 1.99. The van der Waals surface area contributed by atoms with E-state index >= 15 is 0 Å². The van der Waals surface area contributed by atoms with Crippen molar-refractivity contribution in [2.24, 2.45) is 0 Å². The van der Waals surface area contributed by atoms with Crippen molar-refractivity contribution in [2.75, 3.05) is 20.1 Å². The Kier molecular flexibility index (Phi) is 8.67. The van der Waals surface area contributed by atoms with Gasteiger partial charge in [0.05, 0.1) is 0 Å². The summed E-state index contributed by atoms with van der Waals surface area (Å²) in [5, 5.41) is 0. The van der Waals surface area contributed by atoms with Crippen LogP contribution in [-0.4, -0.2) is 47.9 Å². The molecule has 1 aliphatic rings. The fourth-order valence-corrected chi connectivity index (χ4v) is 2.66. The molecule has 0 bridgehead atoms. The van der Waals surface area contributed by atoms with E-state index in [9.17, 15) is 4.79 Å². The summed E-state index contributed by atoms with van der Waals surface area (Å²) in [6.45, 7) is 8.48. The predicted molar refractivity (Wildman–Crippen MR) is 90.4 cm³/mol. The minimum atomic E-state index is 0.336. The Morgan fingerprint density at radius 3 is 2.52 bits per heavy atom. The topological polar surface area (TPSA) is 23.3 Å². The molecular formula is C18H34N2O. The van der Waals surface area contributed by atoms with Crippen molar-refractivity contribution in [3.8, 4) is 0 Å². The van der Waals surface area contributed by atoms with Crippen LogP contribution in [0.4, 0.5) is 0 Å². The van der Waals surface area contributed by atoms with E-state index in [2.05, 4.69) is 44.9 Å². The largest absolute Gasteiger partial charge is 0.340 e. The molecule has 1 heterocycles. The number of unbranched alkanes of at least 4 members (excludes halogenated alkanes) is 4. The van der Waals surface area contributed by atoms with Gasteiger partial charge in [0.1, 0.15) is 0 Å². The van der Waals surface area contributed by atoms with E-state index in [1.54, 1.807) is 0 Å². The zero-order valence-electron chi connectivity index (χ0n) is 14.5. The molecule has 0 spiro atoms. The number of carbonyl (C=O) groups excluding carboxylic acids is 1. The van der Waals surface area contributed by atoms with Gasteiger partial charge in [-0.1, -0.05) is 31.9 Å². The molecule has 0 saturated carbocycles. The standard InChI is InChI=1S/C18H34N2O/c1-5-14-20(16(2)3)18(21)13-11-9-7-6-8-10-12-17-15-19(17)4/h10,12,16-17H,5-9,11,13-15H2,1-4H3/b12-10-/t17-,19?/m0/s1. The number of allylic oxidation sites excluding steroid dienone is 1. The van der Waals surface area contributed by atoms with Gasteiger partial charge in [0.15, 0.2) is 0 Å². The summed E-state index contributed by atoms with van der Waals surface area (Å²) in [6, 6.07) is 1.05. The molecule has 3 heteroatoms. The molecule has 1 unspecified atom stereocenters. The lowest BCUT2D eigenvalue weighted by Gasteiger charge is -2.26. The number of amides is 1. The predicted octanol–water partition coefficient (Wildman–Crippen LogP) is 3.84. The molecule has 3 nitrogen and oxygen atoms in total. The molecule has 0 N–H and O–H groups in total. The van der Waals surface area contributed by atoms with Crippen LogP contribution >= 0.6 is 0 Å². The van der Waals surface area contributed by atoms with Gasteiger partial charge in [0.25, 0.3) is 0 Å². The number of likely N-dealkylation sites (N-methyl/N-ethyl adjacent to an activating group) is 1. The second-order valence-electron chi connectivity index (χ2n) is 6.57. The van der Waals surface area contributed by atoms with Crippen LogP contribution in [-0.2, 0) is 4.79 Å². The summed E-state index contributed by atoms with van der Waals surface area (Å²) >= 11 is 0. The Morgan fingerprint density at radius 2 is 1.95 bits per heavy atom. The van der Waals surface area contributed by atoms with Gasteiger partial charge in [-0.25, -0.2) is 0 Å². The van der Waals surface area contributed by atoms with Crippen molar-refractivity contribution < 1.29 is 4.79 Å². The van der Waals surface area contributed by atoms with Crippen molar-refractivity contribution >= 4 is 5.91 Å². The van der Waals surface area contributed by atoms with Crippen LogP contribution in [0.2, 0.25) is 0 Å². The second-order valence-corrected chi connectivity index (χ2v) is 6.57. The molecule has 0 aromatic heterocycles. The Labute approximate surface area is 131 Å². The van der Waals surface area contributed by atoms with E-state index in [4.69, 9.17) is 0 Å². The van der Waals surface area contributed by atoms with E-state index in [0.29, 0.717) is 18.0 Å². The van der Waals surface area contributed by atoms with Gasteiger partial charge in [0.2, 0.25) is 5.91 Å². The lowest BCUT2D eigenvalue weighted by Crippen LogP contribution is -2.37. The first-order valence-electron chi connectivity index (χ1n) is 8.72. The van der Waals surface area contributed by atoms with Crippen molar-refractivity contribution in [1.29, 1.82) is 0 Å². The quantitative estimate of drug-likeness (QED) is 0.328. The molecule has 0 radical (unpaired) electrons. The van der Waals surface area contributed by atoms with Crippen LogP contribution in [0, 0.1) is 0 Å². The van der Waals surface area contributed by atoms with E-state index < -0.39 is 0 Å². The number of hydrogen-bond donors (Lipinski definition) is 0. The van der Waals surface area contributed by atoms with Crippen molar-refractivity contribution in [3.05, 3.63) is 12.2 Å². The fraction of sp³-hybridized carbons (Fsp3) is 0.833. The van der Waals surface area contributed by atoms with Crippen LogP contribution < -0.4 is 0 Å². The molecule has 0 aromatic carbocycles. The maximum atomic E-state index is 12.1. The lowest BCUT2D eigenvalue weighted by molar-refractivity contribution is -0.133. The van der Waals surface area contributed by atoms with Crippen molar-refractivity contribution in [1.82, 2.24) is 9.80 Å². The summed E-state index contributed by atoms with van der Waals surface area (Å²) in [5.41, 5.74) is 0. The number of carbonyl (C=O) groups is 1. The molecule has 1 fully saturated rings. The molecule has 1 aliphatic heterocycles. The highest BCUT2D eigenvalue weighted by Crippen LogP contribution is 2.15. The zero-order chi connectivity index (χ0) is 15.7. The van der Waals surface area contributed by atoms with Crippen molar-refractivity contribution in [2.45, 2.75) is 77.8 Å². The first kappa shape index (κ1) is 18.2. The van der Waals surface area contributed by atoms with Gasteiger partial charge in [-0.05, 0) is 46.6 Å². The summed E-state index contributed by atoms with van der Waals surface area (Å²) in [5.74, 6) is 0.337. The maximum Gasteiger partial charge on any atom is 0.222 e. The second kappa shape index (κ2) is 9.99. The summed E-state index contributed by atoms with van der Waals surface area (Å²) in [6.07, 6.45) is 12.3. The SMILES string of the molecule is CCCN(C(=O)CCCCCC/C=C\[C@H]1CN1C)C(C)C. The van der Waals surface area contributed by atoms with Crippen molar-refractivity contribution in [3.63, 3.8) is 0 Å². The summed E-state index contributed by atoms with van der Waals surface area (Å²) in [7, 11) is 2.16.